The Balaban J connectivity index is 2.86. The predicted octanol–water partition coefficient (Wildman–Crippen LogP) is 1.84. The second kappa shape index (κ2) is 6.99. The Labute approximate surface area is 114 Å². The first-order valence-corrected chi connectivity index (χ1v) is 6.31. The van der Waals surface area contributed by atoms with Gasteiger partial charge in [0.25, 0.3) is 0 Å². The average molecular weight is 265 g/mol. The van der Waals surface area contributed by atoms with Crippen LogP contribution in [0.1, 0.15) is 19.4 Å². The van der Waals surface area contributed by atoms with Crippen LogP contribution in [0.5, 0.6) is 5.75 Å². The maximum atomic E-state index is 7.62. The van der Waals surface area contributed by atoms with Crippen molar-refractivity contribution in [3.63, 3.8) is 0 Å². The second-order valence-corrected chi connectivity index (χ2v) is 4.64. The molecule has 19 heavy (non-hydrogen) atoms. The number of nitrogen functional groups attached to an aromatic ring is 1. The van der Waals surface area contributed by atoms with E-state index in [1.165, 1.54) is 0 Å². The van der Waals surface area contributed by atoms with Crippen LogP contribution in [0.25, 0.3) is 0 Å². The SMILES string of the molecule is COc1ccc(C(=N)N)c(N(C)CCOC(C)C)c1. The van der Waals surface area contributed by atoms with Crippen LogP contribution >= 0.6 is 0 Å². The highest BCUT2D eigenvalue weighted by atomic mass is 16.5. The van der Waals surface area contributed by atoms with Gasteiger partial charge in [-0.05, 0) is 26.0 Å². The van der Waals surface area contributed by atoms with Gasteiger partial charge in [-0.25, -0.2) is 0 Å². The molecule has 0 bridgehead atoms. The quantitative estimate of drug-likeness (QED) is 0.583. The van der Waals surface area contributed by atoms with Crippen molar-refractivity contribution >= 4 is 11.5 Å². The van der Waals surface area contributed by atoms with Crippen molar-refractivity contribution in [1.82, 2.24) is 0 Å². The van der Waals surface area contributed by atoms with E-state index in [2.05, 4.69) is 0 Å². The minimum absolute atomic E-state index is 0.0503. The molecule has 5 heteroatoms. The molecule has 0 amide bonds. The zero-order valence-corrected chi connectivity index (χ0v) is 12.1. The summed E-state index contributed by atoms with van der Waals surface area (Å²) in [6.07, 6.45) is 0.214. The lowest BCUT2D eigenvalue weighted by molar-refractivity contribution is 0.0846. The van der Waals surface area contributed by atoms with E-state index in [0.717, 1.165) is 18.0 Å². The highest BCUT2D eigenvalue weighted by molar-refractivity contribution is 6.00. The van der Waals surface area contributed by atoms with Crippen molar-refractivity contribution in [1.29, 1.82) is 5.41 Å². The van der Waals surface area contributed by atoms with Gasteiger partial charge in [0, 0.05) is 25.2 Å². The van der Waals surface area contributed by atoms with E-state index in [0.29, 0.717) is 12.2 Å². The van der Waals surface area contributed by atoms with Crippen molar-refractivity contribution in [2.24, 2.45) is 5.73 Å². The second-order valence-electron chi connectivity index (χ2n) is 4.64. The summed E-state index contributed by atoms with van der Waals surface area (Å²) in [5.41, 5.74) is 7.18. The van der Waals surface area contributed by atoms with Gasteiger partial charge in [0.15, 0.2) is 0 Å². The summed E-state index contributed by atoms with van der Waals surface area (Å²) in [6, 6.07) is 5.49. The van der Waals surface area contributed by atoms with Gasteiger partial charge in [0.05, 0.1) is 25.5 Å². The molecule has 0 radical (unpaired) electrons. The van der Waals surface area contributed by atoms with E-state index in [-0.39, 0.29) is 11.9 Å². The number of hydrogen-bond acceptors (Lipinski definition) is 4. The number of amidine groups is 1. The third kappa shape index (κ3) is 4.44. The van der Waals surface area contributed by atoms with Gasteiger partial charge in [-0.2, -0.15) is 0 Å². The molecule has 0 aromatic heterocycles. The van der Waals surface area contributed by atoms with Crippen molar-refractivity contribution in [3.8, 4) is 5.75 Å². The van der Waals surface area contributed by atoms with Crippen LogP contribution in [-0.4, -0.2) is 39.2 Å². The Morgan fingerprint density at radius 1 is 1.42 bits per heavy atom. The molecule has 0 aliphatic heterocycles. The zero-order valence-electron chi connectivity index (χ0n) is 12.1. The van der Waals surface area contributed by atoms with Gasteiger partial charge in [-0.15, -0.1) is 0 Å². The summed E-state index contributed by atoms with van der Waals surface area (Å²) in [5, 5.41) is 7.62. The molecule has 0 saturated heterocycles. The third-order valence-corrected chi connectivity index (χ3v) is 2.78. The monoisotopic (exact) mass is 265 g/mol. The van der Waals surface area contributed by atoms with E-state index in [1.807, 2.05) is 31.9 Å². The largest absolute Gasteiger partial charge is 0.497 e. The molecule has 1 rings (SSSR count). The lowest BCUT2D eigenvalue weighted by Gasteiger charge is -2.23. The molecule has 1 aromatic carbocycles. The molecule has 0 saturated carbocycles. The van der Waals surface area contributed by atoms with Crippen LogP contribution in [0.15, 0.2) is 18.2 Å². The van der Waals surface area contributed by atoms with E-state index in [9.17, 15) is 0 Å². The third-order valence-electron chi connectivity index (χ3n) is 2.78. The van der Waals surface area contributed by atoms with Crippen molar-refractivity contribution < 1.29 is 9.47 Å². The van der Waals surface area contributed by atoms with Crippen LogP contribution in [0, 0.1) is 5.41 Å². The fourth-order valence-electron chi connectivity index (χ4n) is 1.73. The molecule has 0 heterocycles. The molecular weight excluding hydrogens is 242 g/mol. The van der Waals surface area contributed by atoms with Crippen LogP contribution in [0.4, 0.5) is 5.69 Å². The summed E-state index contributed by atoms with van der Waals surface area (Å²) in [6.45, 7) is 5.37. The number of benzene rings is 1. The summed E-state index contributed by atoms with van der Waals surface area (Å²) in [5.74, 6) is 0.797. The molecule has 0 unspecified atom stereocenters. The molecule has 0 fully saturated rings. The Hall–Kier alpha value is -1.75. The number of hydrogen-bond donors (Lipinski definition) is 2. The topological polar surface area (TPSA) is 71.6 Å². The number of nitrogens with two attached hydrogens (primary N) is 1. The Bertz CT molecular complexity index is 433. The van der Waals surface area contributed by atoms with Crippen LogP contribution in [0.3, 0.4) is 0 Å². The fourth-order valence-corrected chi connectivity index (χ4v) is 1.73. The van der Waals surface area contributed by atoms with Crippen LogP contribution in [0.2, 0.25) is 0 Å². The molecule has 5 nitrogen and oxygen atoms in total. The molecule has 0 aliphatic rings. The summed E-state index contributed by atoms with van der Waals surface area (Å²) in [4.78, 5) is 2.02. The van der Waals surface area contributed by atoms with Gasteiger partial charge in [-0.1, -0.05) is 0 Å². The Morgan fingerprint density at radius 3 is 2.63 bits per heavy atom. The first-order chi connectivity index (χ1) is 8.95. The van der Waals surface area contributed by atoms with E-state index in [1.54, 1.807) is 19.2 Å². The predicted molar refractivity (Wildman–Crippen MR) is 78.4 cm³/mol. The van der Waals surface area contributed by atoms with Gasteiger partial charge in [-0.3, -0.25) is 5.41 Å². The number of likely N-dealkylation sites (N-methyl/N-ethyl adjacent to an activating group) is 1. The van der Waals surface area contributed by atoms with Gasteiger partial charge < -0.3 is 20.1 Å². The maximum Gasteiger partial charge on any atom is 0.124 e. The Kier molecular flexibility index (Phi) is 5.63. The first-order valence-electron chi connectivity index (χ1n) is 6.31. The van der Waals surface area contributed by atoms with E-state index < -0.39 is 0 Å². The minimum atomic E-state index is 0.0503. The minimum Gasteiger partial charge on any atom is -0.497 e. The molecule has 0 aliphatic carbocycles. The highest BCUT2D eigenvalue weighted by Crippen LogP contribution is 2.25. The lowest BCUT2D eigenvalue weighted by atomic mass is 10.1. The fraction of sp³-hybridized carbons (Fsp3) is 0.500. The van der Waals surface area contributed by atoms with Crippen molar-refractivity contribution in [2.45, 2.75) is 20.0 Å². The van der Waals surface area contributed by atoms with Crippen molar-refractivity contribution in [2.75, 3.05) is 32.2 Å². The van der Waals surface area contributed by atoms with Gasteiger partial charge >= 0.3 is 0 Å². The highest BCUT2D eigenvalue weighted by Gasteiger charge is 2.11. The first kappa shape index (κ1) is 15.3. The van der Waals surface area contributed by atoms with Crippen molar-refractivity contribution in [3.05, 3.63) is 23.8 Å². The van der Waals surface area contributed by atoms with Gasteiger partial charge in [0.1, 0.15) is 11.6 Å². The summed E-state index contributed by atoms with van der Waals surface area (Å²) < 4.78 is 10.7. The number of ether oxygens (including phenoxy) is 2. The normalized spacial score (nSPS) is 10.6. The smallest absolute Gasteiger partial charge is 0.124 e. The number of nitrogens with one attached hydrogen (secondary N) is 1. The standard InChI is InChI=1S/C14H23N3O2/c1-10(2)19-8-7-17(3)13-9-11(18-4)5-6-12(13)14(15)16/h5-6,9-10H,7-8H2,1-4H3,(H3,15,16). The van der Waals surface area contributed by atoms with E-state index >= 15 is 0 Å². The molecule has 3 N–H and O–H groups in total. The molecule has 0 spiro atoms. The maximum absolute atomic E-state index is 7.62. The molecule has 106 valence electrons. The molecule has 1 aromatic rings. The summed E-state index contributed by atoms with van der Waals surface area (Å²) >= 11 is 0. The lowest BCUT2D eigenvalue weighted by Crippen LogP contribution is -2.26. The average Bonchev–Trinajstić information content (AvgIpc) is 2.37. The number of methoxy groups -OCH3 is 1. The zero-order chi connectivity index (χ0) is 14.4. The molecule has 0 atom stereocenters. The van der Waals surface area contributed by atoms with E-state index in [4.69, 9.17) is 20.6 Å². The number of anilines is 1. The van der Waals surface area contributed by atoms with Crippen LogP contribution in [-0.2, 0) is 4.74 Å². The number of rotatable bonds is 7. The summed E-state index contributed by atoms with van der Waals surface area (Å²) in [7, 11) is 3.57. The molecular formula is C14H23N3O2. The van der Waals surface area contributed by atoms with Crippen LogP contribution < -0.4 is 15.4 Å². The number of nitrogens with zero attached hydrogens (tertiary/aromatic N) is 1. The van der Waals surface area contributed by atoms with Gasteiger partial charge in [0.2, 0.25) is 0 Å². The Morgan fingerprint density at radius 2 is 2.11 bits per heavy atom.